The molecule has 0 aliphatic heterocycles. The number of nitriles is 1. The highest BCUT2D eigenvalue weighted by Gasteiger charge is 2.06. The van der Waals surface area contributed by atoms with E-state index in [0.717, 1.165) is 18.4 Å². The first kappa shape index (κ1) is 16.6. The smallest absolute Gasteiger partial charge is 0.294 e. The summed E-state index contributed by atoms with van der Waals surface area (Å²) in [5.41, 5.74) is 6.18. The predicted molar refractivity (Wildman–Crippen MR) is 69.5 cm³/mol. The summed E-state index contributed by atoms with van der Waals surface area (Å²) in [6.07, 6.45) is 1.81. The normalized spacial score (nSPS) is 11.9. The van der Waals surface area contributed by atoms with Gasteiger partial charge in [0.15, 0.2) is 0 Å². The van der Waals surface area contributed by atoms with Crippen LogP contribution in [0.1, 0.15) is 25.3 Å². The van der Waals surface area contributed by atoms with Gasteiger partial charge in [0.05, 0.1) is 17.0 Å². The summed E-state index contributed by atoms with van der Waals surface area (Å²) < 4.78 is 29.6. The minimum Gasteiger partial charge on any atom is -0.316 e. The van der Waals surface area contributed by atoms with Crippen LogP contribution in [0.3, 0.4) is 0 Å². The van der Waals surface area contributed by atoms with Gasteiger partial charge in [0.1, 0.15) is 0 Å². The number of aryl methyl sites for hydroxylation is 1. The lowest BCUT2D eigenvalue weighted by molar-refractivity contribution is 0.483. The quantitative estimate of drug-likeness (QED) is 0.816. The highest BCUT2D eigenvalue weighted by atomic mass is 32.2. The highest BCUT2D eigenvalue weighted by Crippen LogP contribution is 2.08. The van der Waals surface area contributed by atoms with Gasteiger partial charge in [-0.3, -0.25) is 4.55 Å². The van der Waals surface area contributed by atoms with Crippen molar-refractivity contribution in [1.82, 2.24) is 0 Å². The molecule has 1 aromatic carbocycles. The Morgan fingerprint density at radius 2 is 1.89 bits per heavy atom. The Balaban J connectivity index is 0.000000360. The largest absolute Gasteiger partial charge is 0.316 e. The molecular formula is C12H18N2O3S. The highest BCUT2D eigenvalue weighted by molar-refractivity contribution is 7.85. The zero-order chi connectivity index (χ0) is 14.2. The van der Waals surface area contributed by atoms with E-state index in [2.05, 4.69) is 0 Å². The summed E-state index contributed by atoms with van der Waals surface area (Å²) in [6.45, 7) is 3.85. The molecule has 5 nitrogen and oxygen atoms in total. The Morgan fingerprint density at radius 1 is 1.39 bits per heavy atom. The number of nitrogens with zero attached hydrogens (tertiary/aromatic N) is 1. The summed E-state index contributed by atoms with van der Waals surface area (Å²) in [5, 5.41) is 8.09. The molecule has 0 aromatic heterocycles. The van der Waals surface area contributed by atoms with Crippen molar-refractivity contribution >= 4 is 10.1 Å². The lowest BCUT2D eigenvalue weighted by Gasteiger charge is -1.95. The van der Waals surface area contributed by atoms with Crippen LogP contribution < -0.4 is 5.73 Å². The SMILES string of the molecule is CCC[C@H](N)C#N.Cc1ccc(S(=O)(=O)O)cc1. The van der Waals surface area contributed by atoms with Crippen LogP contribution in [0.2, 0.25) is 0 Å². The molecule has 0 fully saturated rings. The average molecular weight is 270 g/mol. The maximum Gasteiger partial charge on any atom is 0.294 e. The van der Waals surface area contributed by atoms with Gasteiger partial charge in [-0.05, 0) is 25.5 Å². The van der Waals surface area contributed by atoms with Gasteiger partial charge in [-0.25, -0.2) is 0 Å². The van der Waals surface area contributed by atoms with Gasteiger partial charge in [-0.2, -0.15) is 13.7 Å². The van der Waals surface area contributed by atoms with Crippen LogP contribution >= 0.6 is 0 Å². The van der Waals surface area contributed by atoms with Gasteiger partial charge in [0, 0.05) is 0 Å². The Hall–Kier alpha value is -1.42. The van der Waals surface area contributed by atoms with E-state index in [-0.39, 0.29) is 10.9 Å². The molecule has 18 heavy (non-hydrogen) atoms. The third-order valence-electron chi connectivity index (χ3n) is 2.08. The number of nitrogens with two attached hydrogens (primary N) is 1. The molecule has 0 aliphatic rings. The third kappa shape index (κ3) is 7.01. The first-order chi connectivity index (χ1) is 8.31. The summed E-state index contributed by atoms with van der Waals surface area (Å²) in [5.74, 6) is 0. The van der Waals surface area contributed by atoms with Crippen molar-refractivity contribution in [1.29, 1.82) is 5.26 Å². The molecule has 0 spiro atoms. The van der Waals surface area contributed by atoms with Gasteiger partial charge in [0.25, 0.3) is 10.1 Å². The summed E-state index contributed by atoms with van der Waals surface area (Å²) in [4.78, 5) is -0.0666. The minimum absolute atomic E-state index is 0.0666. The number of benzene rings is 1. The minimum atomic E-state index is -4.02. The fourth-order valence-corrected chi connectivity index (χ4v) is 1.57. The fourth-order valence-electron chi connectivity index (χ4n) is 1.09. The molecule has 0 saturated carbocycles. The topological polar surface area (TPSA) is 104 Å². The molecule has 0 unspecified atom stereocenters. The molecule has 1 rings (SSSR count). The van der Waals surface area contributed by atoms with Crippen LogP contribution in [0.15, 0.2) is 29.2 Å². The molecule has 3 N–H and O–H groups in total. The third-order valence-corrected chi connectivity index (χ3v) is 2.95. The Kier molecular flexibility index (Phi) is 7.20. The van der Waals surface area contributed by atoms with Crippen molar-refractivity contribution in [2.45, 2.75) is 37.6 Å². The summed E-state index contributed by atoms with van der Waals surface area (Å²) in [6, 6.07) is 7.69. The summed E-state index contributed by atoms with van der Waals surface area (Å²) in [7, 11) is -4.02. The van der Waals surface area contributed by atoms with E-state index in [0.29, 0.717) is 0 Å². The zero-order valence-corrected chi connectivity index (χ0v) is 11.3. The van der Waals surface area contributed by atoms with Crippen molar-refractivity contribution in [2.24, 2.45) is 5.73 Å². The van der Waals surface area contributed by atoms with E-state index in [4.69, 9.17) is 15.5 Å². The van der Waals surface area contributed by atoms with Crippen molar-refractivity contribution in [3.63, 3.8) is 0 Å². The molecule has 1 atom stereocenters. The van der Waals surface area contributed by atoms with E-state index >= 15 is 0 Å². The maximum absolute atomic E-state index is 10.5. The van der Waals surface area contributed by atoms with Crippen LogP contribution in [0.25, 0.3) is 0 Å². The Labute approximate surface area is 108 Å². The lowest BCUT2D eigenvalue weighted by atomic mass is 10.2. The molecule has 0 saturated heterocycles. The van der Waals surface area contributed by atoms with Gasteiger partial charge >= 0.3 is 0 Å². The Bertz CT molecular complexity index is 489. The van der Waals surface area contributed by atoms with E-state index < -0.39 is 10.1 Å². The second kappa shape index (κ2) is 7.82. The van der Waals surface area contributed by atoms with Crippen molar-refractivity contribution < 1.29 is 13.0 Å². The average Bonchev–Trinajstić information content (AvgIpc) is 2.29. The standard InChI is InChI=1S/C7H8O3S.C5H10N2/c1-6-2-4-7(5-3-6)11(8,9)10;1-2-3-5(7)4-6/h2-5H,1H3,(H,8,9,10);5H,2-3,7H2,1H3/t;5-/m.0/s1. The molecule has 1 aromatic rings. The van der Waals surface area contributed by atoms with Crippen LogP contribution in [0.4, 0.5) is 0 Å². The first-order valence-corrected chi connectivity index (χ1v) is 6.94. The molecule has 100 valence electrons. The number of hydrogen-bond acceptors (Lipinski definition) is 4. The van der Waals surface area contributed by atoms with Crippen LogP contribution in [-0.2, 0) is 10.1 Å². The van der Waals surface area contributed by atoms with Crippen molar-refractivity contribution in [3.8, 4) is 6.07 Å². The summed E-state index contributed by atoms with van der Waals surface area (Å²) >= 11 is 0. The Morgan fingerprint density at radius 3 is 2.17 bits per heavy atom. The van der Waals surface area contributed by atoms with Crippen LogP contribution in [0, 0.1) is 18.3 Å². The monoisotopic (exact) mass is 270 g/mol. The molecule has 0 aliphatic carbocycles. The van der Waals surface area contributed by atoms with E-state index in [1.165, 1.54) is 12.1 Å². The van der Waals surface area contributed by atoms with Gasteiger partial charge in [-0.1, -0.05) is 31.0 Å². The second-order valence-electron chi connectivity index (χ2n) is 3.81. The molecule has 6 heteroatoms. The maximum atomic E-state index is 10.5. The molecule has 0 bridgehead atoms. The zero-order valence-electron chi connectivity index (χ0n) is 10.5. The molecule has 0 radical (unpaired) electrons. The van der Waals surface area contributed by atoms with Gasteiger partial charge in [-0.15, -0.1) is 0 Å². The molecule has 0 amide bonds. The van der Waals surface area contributed by atoms with E-state index in [1.54, 1.807) is 12.1 Å². The first-order valence-electron chi connectivity index (χ1n) is 5.50. The van der Waals surface area contributed by atoms with Crippen molar-refractivity contribution in [3.05, 3.63) is 29.8 Å². The molecule has 0 heterocycles. The number of hydrogen-bond donors (Lipinski definition) is 2. The predicted octanol–water partition coefficient (Wildman–Crippen LogP) is 1.88. The van der Waals surface area contributed by atoms with Gasteiger partial charge < -0.3 is 5.73 Å². The van der Waals surface area contributed by atoms with E-state index in [1.807, 2.05) is 19.9 Å². The second-order valence-corrected chi connectivity index (χ2v) is 5.23. The lowest BCUT2D eigenvalue weighted by Crippen LogP contribution is -2.15. The number of rotatable bonds is 3. The van der Waals surface area contributed by atoms with Crippen molar-refractivity contribution in [2.75, 3.05) is 0 Å². The molecular weight excluding hydrogens is 252 g/mol. The van der Waals surface area contributed by atoms with Gasteiger partial charge in [0.2, 0.25) is 0 Å². The van der Waals surface area contributed by atoms with Crippen LogP contribution in [0.5, 0.6) is 0 Å². The fraction of sp³-hybridized carbons (Fsp3) is 0.417. The van der Waals surface area contributed by atoms with Crippen LogP contribution in [-0.4, -0.2) is 19.0 Å². The van der Waals surface area contributed by atoms with E-state index in [9.17, 15) is 8.42 Å².